The van der Waals surface area contributed by atoms with Gasteiger partial charge in [0.2, 0.25) is 0 Å². The third kappa shape index (κ3) is 2.32. The zero-order chi connectivity index (χ0) is 10.0. The minimum absolute atomic E-state index is 0.581. The van der Waals surface area contributed by atoms with Gasteiger partial charge in [-0.2, -0.15) is 0 Å². The summed E-state index contributed by atoms with van der Waals surface area (Å²) in [5.41, 5.74) is 0. The molecule has 0 saturated heterocycles. The maximum absolute atomic E-state index is 6.26. The van der Waals surface area contributed by atoms with Crippen molar-refractivity contribution >= 4 is 52.1 Å². The molecule has 0 bridgehead atoms. The van der Waals surface area contributed by atoms with E-state index in [1.54, 1.807) is 23.8 Å². The van der Waals surface area contributed by atoms with Crippen molar-refractivity contribution in [2.24, 2.45) is 9.98 Å². The number of halogens is 2. The van der Waals surface area contributed by atoms with E-state index in [9.17, 15) is 0 Å². The van der Waals surface area contributed by atoms with E-state index in [0.29, 0.717) is 4.35 Å². The molecule has 0 amide bonds. The van der Waals surface area contributed by atoms with Crippen molar-refractivity contribution in [3.63, 3.8) is 0 Å². The molecule has 2 rings (SSSR count). The Labute approximate surface area is 95.9 Å². The van der Waals surface area contributed by atoms with Gasteiger partial charge in [-0.05, 0) is 0 Å². The summed E-state index contributed by atoms with van der Waals surface area (Å²) in [5, 5.41) is 1.99. The van der Waals surface area contributed by atoms with Gasteiger partial charge < -0.3 is 0 Å². The van der Waals surface area contributed by atoms with Crippen molar-refractivity contribution in [1.82, 2.24) is 0 Å². The second-order valence-corrected chi connectivity index (χ2v) is 12.6. The summed E-state index contributed by atoms with van der Waals surface area (Å²) < 4.78 is 2.48. The van der Waals surface area contributed by atoms with Crippen LogP contribution in [0.5, 0.6) is 0 Å². The summed E-state index contributed by atoms with van der Waals surface area (Å²) in [6.07, 6.45) is 3.22. The summed E-state index contributed by atoms with van der Waals surface area (Å²) in [6.45, 7) is 0. The summed E-state index contributed by atoms with van der Waals surface area (Å²) in [7, 11) is 12.5. The molecule has 0 fully saturated rings. The molecule has 0 unspecified atom stereocenters. The van der Waals surface area contributed by atoms with Gasteiger partial charge in [-0.25, -0.2) is 0 Å². The van der Waals surface area contributed by atoms with Crippen molar-refractivity contribution < 1.29 is 11.9 Å². The van der Waals surface area contributed by atoms with Crippen molar-refractivity contribution in [3.8, 4) is 0 Å². The first-order chi connectivity index (χ1) is 6.68. The number of aliphatic imine (C=N–C) groups is 2. The summed E-state index contributed by atoms with van der Waals surface area (Å²) in [5.74, 6) is 0. The average Bonchev–Trinajstić information content (AvgIpc) is 2.71. The van der Waals surface area contributed by atoms with Gasteiger partial charge in [0.15, 0.2) is 0 Å². The van der Waals surface area contributed by atoms with Crippen LogP contribution in [0.3, 0.4) is 0 Å². The molecule has 0 aliphatic carbocycles. The Morgan fingerprint density at radius 3 is 2.57 bits per heavy atom. The van der Waals surface area contributed by atoms with Crippen LogP contribution in [0.25, 0.3) is 0 Å². The molecule has 6 heteroatoms. The van der Waals surface area contributed by atoms with E-state index in [1.165, 1.54) is 0 Å². The van der Waals surface area contributed by atoms with Gasteiger partial charge in [0, 0.05) is 0 Å². The molecular weight excluding hydrogens is 328 g/mol. The van der Waals surface area contributed by atoms with Gasteiger partial charge in [0.05, 0.1) is 0 Å². The monoisotopic (exact) mass is 334 g/mol. The van der Waals surface area contributed by atoms with Gasteiger partial charge in [-0.3, -0.25) is 0 Å². The Hall–Kier alpha value is -0.0166. The molecule has 14 heavy (non-hydrogen) atoms. The zero-order valence-corrected chi connectivity index (χ0v) is 10.9. The summed E-state index contributed by atoms with van der Waals surface area (Å²) in [6, 6.07) is 3.94. The maximum atomic E-state index is 6.26. The molecule has 2 heterocycles. The second-order valence-electron chi connectivity index (χ2n) is 2.37. The van der Waals surface area contributed by atoms with Crippen molar-refractivity contribution in [3.05, 3.63) is 22.4 Å². The number of nitrogens with zero attached hydrogens (tertiary/aromatic N) is 2. The Morgan fingerprint density at radius 1 is 1.29 bits per heavy atom. The fourth-order valence-corrected chi connectivity index (χ4v) is 6.69. The Morgan fingerprint density at radius 2 is 2.00 bits per heavy atom. The van der Waals surface area contributed by atoms with Crippen LogP contribution in [-0.4, -0.2) is 21.4 Å². The summed E-state index contributed by atoms with van der Waals surface area (Å²) in [4.78, 5) is 9.16. The predicted octanol–water partition coefficient (Wildman–Crippen LogP) is 2.60. The first-order valence-corrected chi connectivity index (χ1v) is 10.9. The Balaban J connectivity index is 2.57. The quantitative estimate of drug-likeness (QED) is 0.706. The molecule has 0 spiro atoms. The van der Waals surface area contributed by atoms with Crippen LogP contribution in [0.4, 0.5) is 0 Å². The standard InChI is InChI=1S/C5H4S.C3H2N2.2ClH.Ru/c1-5-3-2-4-6-5;1-2-5-3-4-1;;;/h1-4H;1-2H;2*1H;/q;;;;+2/p-2. The Bertz CT molecular complexity index is 485. The topological polar surface area (TPSA) is 24.7 Å². The van der Waals surface area contributed by atoms with E-state index in [4.69, 9.17) is 19.4 Å². The van der Waals surface area contributed by atoms with Crippen LogP contribution in [0, 0.1) is 0 Å². The summed E-state index contributed by atoms with van der Waals surface area (Å²) >= 11 is -1.35. The molecule has 1 aromatic rings. The number of thiophene rings is 1. The van der Waals surface area contributed by atoms with E-state index in [2.05, 4.69) is 9.98 Å². The Kier molecular flexibility index (Phi) is 3.18. The SMILES string of the molecule is [Cl][Ru]([Cl])(=[CH]c1cccs1)=[C]1N=CC=N1. The van der Waals surface area contributed by atoms with Gasteiger partial charge >= 0.3 is 96.4 Å². The van der Waals surface area contributed by atoms with Crippen LogP contribution in [0.1, 0.15) is 4.88 Å². The van der Waals surface area contributed by atoms with Crippen LogP contribution < -0.4 is 0 Å². The fourth-order valence-electron chi connectivity index (χ4n) is 0.862. The molecule has 0 N–H and O–H groups in total. The first-order valence-electron chi connectivity index (χ1n) is 3.63. The minimum atomic E-state index is -2.96. The molecule has 2 nitrogen and oxygen atoms in total. The molecule has 1 aliphatic heterocycles. The van der Waals surface area contributed by atoms with Crippen LogP contribution in [0.2, 0.25) is 0 Å². The average molecular weight is 334 g/mol. The van der Waals surface area contributed by atoms with E-state index in [-0.39, 0.29) is 0 Å². The molecule has 0 radical (unpaired) electrons. The predicted molar refractivity (Wildman–Crippen MR) is 63.2 cm³/mol. The molecule has 0 saturated carbocycles. The first kappa shape index (κ1) is 10.5. The van der Waals surface area contributed by atoms with Gasteiger partial charge in [-0.15, -0.1) is 0 Å². The molecule has 76 valence electrons. The van der Waals surface area contributed by atoms with Crippen LogP contribution in [0.15, 0.2) is 27.5 Å². The van der Waals surface area contributed by atoms with Gasteiger partial charge in [0.25, 0.3) is 0 Å². The number of hydrogen-bond acceptors (Lipinski definition) is 3. The third-order valence-corrected chi connectivity index (χ3v) is 7.54. The molecule has 1 aliphatic rings. The molecular formula is C8H6Cl2N2RuS. The molecule has 1 aromatic heterocycles. The van der Waals surface area contributed by atoms with Crippen molar-refractivity contribution in [2.45, 2.75) is 0 Å². The molecule has 0 aromatic carbocycles. The van der Waals surface area contributed by atoms with Gasteiger partial charge in [0.1, 0.15) is 0 Å². The van der Waals surface area contributed by atoms with E-state index >= 15 is 0 Å². The normalized spacial score (nSPS) is 16.3. The van der Waals surface area contributed by atoms with E-state index in [1.807, 2.05) is 22.1 Å². The fraction of sp³-hybridized carbons (Fsp3) is 0. The van der Waals surface area contributed by atoms with Crippen molar-refractivity contribution in [2.75, 3.05) is 0 Å². The number of hydrogen-bond donors (Lipinski definition) is 0. The van der Waals surface area contributed by atoms with Crippen LogP contribution in [-0.2, 0) is 11.9 Å². The van der Waals surface area contributed by atoms with Gasteiger partial charge in [-0.1, -0.05) is 0 Å². The van der Waals surface area contributed by atoms with Crippen molar-refractivity contribution in [1.29, 1.82) is 0 Å². The van der Waals surface area contributed by atoms with E-state index < -0.39 is 11.9 Å². The molecule has 0 atom stereocenters. The van der Waals surface area contributed by atoms with E-state index in [0.717, 1.165) is 4.88 Å². The van der Waals surface area contributed by atoms with Crippen LogP contribution >= 0.6 is 30.7 Å². The second kappa shape index (κ2) is 4.23. The number of rotatable bonds is 1. The zero-order valence-electron chi connectivity index (χ0n) is 6.88. The third-order valence-electron chi connectivity index (χ3n) is 1.41.